The molecule has 1 fully saturated rings. The van der Waals surface area contributed by atoms with Crippen LogP contribution in [0.25, 0.3) is 0 Å². The number of aliphatic hydroxyl groups excluding tert-OH is 2. The van der Waals surface area contributed by atoms with Gasteiger partial charge in [-0.25, -0.2) is 9.97 Å². The number of hydrogen-bond donors (Lipinski definition) is 2. The Kier molecular flexibility index (Phi) is 4.74. The number of aliphatic hydroxyl groups is 2. The summed E-state index contributed by atoms with van der Waals surface area (Å²) in [6.45, 7) is 1.77. The molecule has 0 bridgehead atoms. The van der Waals surface area contributed by atoms with Gasteiger partial charge in [0.2, 0.25) is 11.8 Å². The Morgan fingerprint density at radius 1 is 0.962 bits per heavy atom. The first-order chi connectivity index (χ1) is 12.6. The third-order valence-electron chi connectivity index (χ3n) is 5.10. The highest BCUT2D eigenvalue weighted by Crippen LogP contribution is 2.32. The first kappa shape index (κ1) is 17.2. The average molecular weight is 357 g/mol. The molecule has 0 unspecified atom stereocenters. The standard InChI is InChI=1S/C19H23N3O4/c1-11-20-9-7-16(22-11)25-14-10-15(18(24)17(14)23)26-19-13-5-3-2-4-12(13)6-8-21-19/h6-9,14-15,17-18,23-24H,2-5,10H2,1H3/t14-,15+,17+,18-/m1/s1. The van der Waals surface area contributed by atoms with Gasteiger partial charge in [0.25, 0.3) is 0 Å². The van der Waals surface area contributed by atoms with Crippen LogP contribution < -0.4 is 9.47 Å². The number of aromatic nitrogens is 3. The fraction of sp³-hybridized carbons (Fsp3) is 0.526. The van der Waals surface area contributed by atoms with E-state index in [1.54, 1.807) is 25.4 Å². The van der Waals surface area contributed by atoms with Gasteiger partial charge in [-0.1, -0.05) is 0 Å². The maximum absolute atomic E-state index is 10.4. The SMILES string of the molecule is Cc1nccc(O[C@@H]2C[C@H](Oc3nccc4c3CCCC4)[C@@H](O)[C@H]2O)n1. The van der Waals surface area contributed by atoms with E-state index in [1.165, 1.54) is 12.0 Å². The van der Waals surface area contributed by atoms with Crippen LogP contribution in [-0.2, 0) is 12.8 Å². The van der Waals surface area contributed by atoms with E-state index in [1.807, 2.05) is 6.07 Å². The van der Waals surface area contributed by atoms with E-state index in [-0.39, 0.29) is 0 Å². The average Bonchev–Trinajstić information content (AvgIpc) is 2.90. The second-order valence-electron chi connectivity index (χ2n) is 6.93. The zero-order chi connectivity index (χ0) is 18.1. The third kappa shape index (κ3) is 3.37. The minimum Gasteiger partial charge on any atom is -0.471 e. The van der Waals surface area contributed by atoms with Gasteiger partial charge >= 0.3 is 0 Å². The van der Waals surface area contributed by atoms with Gasteiger partial charge in [0.1, 0.15) is 30.2 Å². The monoisotopic (exact) mass is 357 g/mol. The molecular formula is C19H23N3O4. The molecule has 0 amide bonds. The van der Waals surface area contributed by atoms with Crippen LogP contribution in [0.5, 0.6) is 11.8 Å². The molecule has 7 nitrogen and oxygen atoms in total. The minimum absolute atomic E-state index is 0.358. The minimum atomic E-state index is -1.05. The molecular weight excluding hydrogens is 334 g/mol. The summed E-state index contributed by atoms with van der Waals surface area (Å²) in [5.41, 5.74) is 2.38. The molecule has 2 aliphatic carbocycles. The van der Waals surface area contributed by atoms with Crippen molar-refractivity contribution < 1.29 is 19.7 Å². The maximum atomic E-state index is 10.4. The molecule has 2 aromatic heterocycles. The van der Waals surface area contributed by atoms with Gasteiger partial charge in [-0.15, -0.1) is 0 Å². The van der Waals surface area contributed by atoms with E-state index >= 15 is 0 Å². The zero-order valence-corrected chi connectivity index (χ0v) is 14.7. The van der Waals surface area contributed by atoms with Crippen molar-refractivity contribution in [2.75, 3.05) is 0 Å². The van der Waals surface area contributed by atoms with Crippen molar-refractivity contribution in [1.29, 1.82) is 0 Å². The van der Waals surface area contributed by atoms with Crippen molar-refractivity contribution >= 4 is 0 Å². The number of fused-ring (bicyclic) bond motifs is 1. The predicted molar refractivity (Wildman–Crippen MR) is 93.1 cm³/mol. The van der Waals surface area contributed by atoms with Gasteiger partial charge in [-0.05, 0) is 44.2 Å². The lowest BCUT2D eigenvalue weighted by atomic mass is 9.93. The number of ether oxygens (including phenoxy) is 2. The van der Waals surface area contributed by atoms with Crippen molar-refractivity contribution in [2.45, 2.75) is 63.4 Å². The van der Waals surface area contributed by atoms with E-state index in [4.69, 9.17) is 9.47 Å². The Labute approximate surface area is 152 Å². The second kappa shape index (κ2) is 7.17. The van der Waals surface area contributed by atoms with Crippen molar-refractivity contribution in [3.8, 4) is 11.8 Å². The smallest absolute Gasteiger partial charge is 0.217 e. The van der Waals surface area contributed by atoms with Crippen LogP contribution in [-0.4, -0.2) is 49.6 Å². The zero-order valence-electron chi connectivity index (χ0n) is 14.7. The van der Waals surface area contributed by atoms with Crippen LogP contribution in [0.1, 0.15) is 36.2 Å². The molecule has 2 heterocycles. The molecule has 4 rings (SSSR count). The first-order valence-corrected chi connectivity index (χ1v) is 9.07. The van der Waals surface area contributed by atoms with Crippen molar-refractivity contribution in [2.24, 2.45) is 0 Å². The maximum Gasteiger partial charge on any atom is 0.217 e. The van der Waals surface area contributed by atoms with Crippen LogP contribution >= 0.6 is 0 Å². The highest BCUT2D eigenvalue weighted by molar-refractivity contribution is 5.36. The number of nitrogens with zero attached hydrogens (tertiary/aromatic N) is 3. The van der Waals surface area contributed by atoms with E-state index in [9.17, 15) is 10.2 Å². The molecule has 7 heteroatoms. The highest BCUT2D eigenvalue weighted by atomic mass is 16.5. The van der Waals surface area contributed by atoms with Crippen molar-refractivity contribution in [1.82, 2.24) is 15.0 Å². The molecule has 1 saturated carbocycles. The number of pyridine rings is 1. The quantitative estimate of drug-likeness (QED) is 0.853. The van der Waals surface area contributed by atoms with Crippen molar-refractivity contribution in [3.05, 3.63) is 41.5 Å². The largest absolute Gasteiger partial charge is 0.471 e. The molecule has 0 aliphatic heterocycles. The van der Waals surface area contributed by atoms with Crippen LogP contribution in [0.3, 0.4) is 0 Å². The summed E-state index contributed by atoms with van der Waals surface area (Å²) in [5, 5.41) is 20.8. The fourth-order valence-corrected chi connectivity index (χ4v) is 3.71. The summed E-state index contributed by atoms with van der Waals surface area (Å²) in [6.07, 6.45) is 4.71. The molecule has 138 valence electrons. The Balaban J connectivity index is 1.48. The first-order valence-electron chi connectivity index (χ1n) is 9.07. The van der Waals surface area contributed by atoms with Crippen LogP contribution in [0.4, 0.5) is 0 Å². The Morgan fingerprint density at radius 3 is 2.50 bits per heavy atom. The lowest BCUT2D eigenvalue weighted by Gasteiger charge is -2.22. The van der Waals surface area contributed by atoms with Crippen LogP contribution in [0.15, 0.2) is 24.5 Å². The Hall–Kier alpha value is -2.25. The summed E-state index contributed by atoms with van der Waals surface area (Å²) in [6, 6.07) is 3.67. The summed E-state index contributed by atoms with van der Waals surface area (Å²) >= 11 is 0. The van der Waals surface area contributed by atoms with Gasteiger partial charge in [-0.2, -0.15) is 4.98 Å². The van der Waals surface area contributed by atoms with Gasteiger partial charge in [-0.3, -0.25) is 0 Å². The summed E-state index contributed by atoms with van der Waals surface area (Å²) in [4.78, 5) is 12.6. The summed E-state index contributed by atoms with van der Waals surface area (Å²) in [5.74, 6) is 1.53. The molecule has 0 saturated heterocycles. The predicted octanol–water partition coefficient (Wildman–Crippen LogP) is 1.38. The summed E-state index contributed by atoms with van der Waals surface area (Å²) in [7, 11) is 0. The van der Waals surface area contributed by atoms with E-state index in [0.29, 0.717) is 24.0 Å². The van der Waals surface area contributed by atoms with Crippen LogP contribution in [0.2, 0.25) is 0 Å². The molecule has 0 spiro atoms. The molecule has 0 aromatic carbocycles. The van der Waals surface area contributed by atoms with Gasteiger partial charge in [0.15, 0.2) is 0 Å². The van der Waals surface area contributed by atoms with E-state index in [0.717, 1.165) is 24.8 Å². The normalized spacial score (nSPS) is 27.8. The highest BCUT2D eigenvalue weighted by Gasteiger charge is 2.45. The molecule has 4 atom stereocenters. The second-order valence-corrected chi connectivity index (χ2v) is 6.93. The topological polar surface area (TPSA) is 97.6 Å². The molecule has 2 aromatic rings. The number of hydrogen-bond acceptors (Lipinski definition) is 7. The number of rotatable bonds is 4. The Bertz CT molecular complexity index is 785. The van der Waals surface area contributed by atoms with E-state index < -0.39 is 24.4 Å². The molecule has 26 heavy (non-hydrogen) atoms. The van der Waals surface area contributed by atoms with Crippen molar-refractivity contribution in [3.63, 3.8) is 0 Å². The molecule has 2 N–H and O–H groups in total. The molecule has 2 aliphatic rings. The lowest BCUT2D eigenvalue weighted by Crippen LogP contribution is -2.36. The van der Waals surface area contributed by atoms with Gasteiger partial charge in [0.05, 0.1) is 0 Å². The number of aryl methyl sites for hydroxylation is 2. The van der Waals surface area contributed by atoms with Gasteiger partial charge in [0, 0.05) is 30.4 Å². The lowest BCUT2D eigenvalue weighted by molar-refractivity contribution is -0.0328. The van der Waals surface area contributed by atoms with Gasteiger partial charge < -0.3 is 19.7 Å². The van der Waals surface area contributed by atoms with Crippen LogP contribution in [0, 0.1) is 6.92 Å². The Morgan fingerprint density at radius 2 is 1.69 bits per heavy atom. The summed E-state index contributed by atoms with van der Waals surface area (Å²) < 4.78 is 11.8. The van der Waals surface area contributed by atoms with E-state index in [2.05, 4.69) is 15.0 Å². The third-order valence-corrected chi connectivity index (χ3v) is 5.10. The molecule has 0 radical (unpaired) electrons. The fourth-order valence-electron chi connectivity index (χ4n) is 3.71.